The van der Waals surface area contributed by atoms with Crippen LogP contribution in [0.2, 0.25) is 0 Å². The number of hydrogen-bond acceptors (Lipinski definition) is 6. The molecule has 2 N–H and O–H groups in total. The number of amides is 1. The Balaban J connectivity index is 2.00. The lowest BCUT2D eigenvalue weighted by Crippen LogP contribution is -2.26. The monoisotopic (exact) mass is 433 g/mol. The van der Waals surface area contributed by atoms with Gasteiger partial charge in [0.25, 0.3) is 5.91 Å². The molecule has 0 aliphatic carbocycles. The number of aliphatic carboxylic acids is 1. The number of carbonyl (C=O) groups excluding carboxylic acids is 1. The van der Waals surface area contributed by atoms with Crippen molar-refractivity contribution in [1.29, 1.82) is 0 Å². The molecule has 2 rings (SSSR count). The molecule has 0 bridgehead atoms. The first-order valence-electron chi connectivity index (χ1n) is 9.02. The van der Waals surface area contributed by atoms with Crippen molar-refractivity contribution in [1.82, 2.24) is 0 Å². The van der Waals surface area contributed by atoms with E-state index >= 15 is 0 Å². The molecule has 0 radical (unpaired) electrons. The van der Waals surface area contributed by atoms with Crippen LogP contribution in [0.5, 0.6) is 5.75 Å². The highest BCUT2D eigenvalue weighted by atomic mass is 32.2. The zero-order chi connectivity index (χ0) is 22.3. The zero-order valence-corrected chi connectivity index (χ0v) is 17.4. The van der Waals surface area contributed by atoms with Gasteiger partial charge < -0.3 is 19.3 Å². The van der Waals surface area contributed by atoms with Gasteiger partial charge in [-0.05, 0) is 42.3 Å². The van der Waals surface area contributed by atoms with Gasteiger partial charge in [0.2, 0.25) is 0 Å². The lowest BCUT2D eigenvalue weighted by atomic mass is 10.1. The third kappa shape index (κ3) is 7.02. The van der Waals surface area contributed by atoms with Gasteiger partial charge in [-0.1, -0.05) is 30.8 Å². The summed E-state index contributed by atoms with van der Waals surface area (Å²) in [5, 5.41) is 11.9. The predicted molar refractivity (Wildman–Crippen MR) is 113 cm³/mol. The van der Waals surface area contributed by atoms with Crippen LogP contribution in [-0.2, 0) is 30.9 Å². The Labute approximate surface area is 175 Å². The van der Waals surface area contributed by atoms with Gasteiger partial charge in [-0.25, -0.2) is 4.79 Å². The van der Waals surface area contributed by atoms with Crippen molar-refractivity contribution in [3.05, 3.63) is 66.2 Å². The molecule has 0 saturated heterocycles. The summed E-state index contributed by atoms with van der Waals surface area (Å²) in [6.07, 6.45) is 0.230. The van der Waals surface area contributed by atoms with Crippen molar-refractivity contribution in [2.75, 3.05) is 18.2 Å². The summed E-state index contributed by atoms with van der Waals surface area (Å²) in [7, 11) is -3.63. The molecule has 9 heteroatoms. The molecule has 1 atom stereocenters. The molecule has 0 spiro atoms. The van der Waals surface area contributed by atoms with E-state index in [0.717, 1.165) is 11.8 Å². The lowest BCUT2D eigenvalue weighted by Gasteiger charge is -2.13. The van der Waals surface area contributed by atoms with Gasteiger partial charge in [0.15, 0.2) is 6.10 Å². The molecule has 2 aromatic rings. The van der Waals surface area contributed by atoms with Gasteiger partial charge in [0.05, 0.1) is 6.26 Å². The van der Waals surface area contributed by atoms with Gasteiger partial charge in [0.1, 0.15) is 5.75 Å². The van der Waals surface area contributed by atoms with Crippen LogP contribution in [0.15, 0.2) is 55.1 Å². The summed E-state index contributed by atoms with van der Waals surface area (Å²) >= 11 is 0. The highest BCUT2D eigenvalue weighted by Crippen LogP contribution is 2.20. The maximum atomic E-state index is 12.4. The third-order valence-corrected chi connectivity index (χ3v) is 4.50. The number of carboxylic acids is 1. The van der Waals surface area contributed by atoms with E-state index < -0.39 is 28.1 Å². The second-order valence-corrected chi connectivity index (χ2v) is 8.00. The highest BCUT2D eigenvalue weighted by Gasteiger charge is 2.18. The summed E-state index contributed by atoms with van der Waals surface area (Å²) in [5.74, 6) is -1.33. The van der Waals surface area contributed by atoms with Crippen LogP contribution in [0.4, 0.5) is 5.69 Å². The summed E-state index contributed by atoms with van der Waals surface area (Å²) in [5.41, 5.74) is 1.97. The van der Waals surface area contributed by atoms with Gasteiger partial charge in [-0.2, -0.15) is 8.42 Å². The van der Waals surface area contributed by atoms with Crippen molar-refractivity contribution in [3.63, 3.8) is 0 Å². The summed E-state index contributed by atoms with van der Waals surface area (Å²) in [4.78, 5) is 23.6. The van der Waals surface area contributed by atoms with Crippen LogP contribution in [0.25, 0.3) is 5.57 Å². The fourth-order valence-corrected chi connectivity index (χ4v) is 3.04. The van der Waals surface area contributed by atoms with E-state index in [4.69, 9.17) is 14.0 Å². The Hall–Kier alpha value is -3.17. The molecule has 1 amide bonds. The van der Waals surface area contributed by atoms with Gasteiger partial charge in [0, 0.05) is 24.3 Å². The fraction of sp³-hybridized carbons (Fsp3) is 0.238. The number of ether oxygens (including phenoxy) is 1. The van der Waals surface area contributed by atoms with Gasteiger partial charge >= 0.3 is 16.1 Å². The average Bonchev–Trinajstić information content (AvgIpc) is 2.67. The molecule has 0 fully saturated rings. The van der Waals surface area contributed by atoms with Crippen molar-refractivity contribution in [3.8, 4) is 5.75 Å². The highest BCUT2D eigenvalue weighted by molar-refractivity contribution is 7.86. The van der Waals surface area contributed by atoms with Gasteiger partial charge in [-0.3, -0.25) is 4.79 Å². The molecular weight excluding hydrogens is 410 g/mol. The quantitative estimate of drug-likeness (QED) is 0.437. The number of anilines is 1. The predicted octanol–water partition coefficient (Wildman–Crippen LogP) is 2.71. The fourth-order valence-electron chi connectivity index (χ4n) is 2.58. The Morgan fingerprint density at radius 1 is 1.10 bits per heavy atom. The molecule has 0 heterocycles. The smallest absolute Gasteiger partial charge is 0.333 e. The Kier molecular flexibility index (Phi) is 7.73. The topological polar surface area (TPSA) is 119 Å². The molecule has 2 aromatic carbocycles. The molecule has 0 aromatic heterocycles. The molecule has 1 unspecified atom stereocenters. The standard InChI is InChI=1S/C21H23NO7S/c1-4-28-19(21(24)25)13-15-5-9-17(10-6-15)22-20(23)14(2)16-7-11-18(12-8-16)29-30(3,26)27/h5-12,19H,2,4,13H2,1,3H3,(H,22,23)(H,24,25). The number of carboxylic acid groups (broad SMARTS) is 1. The second-order valence-electron chi connectivity index (χ2n) is 6.43. The number of nitrogens with one attached hydrogen (secondary N) is 1. The third-order valence-electron chi connectivity index (χ3n) is 4.00. The van der Waals surface area contributed by atoms with Crippen molar-refractivity contribution < 1.29 is 32.0 Å². The van der Waals surface area contributed by atoms with Crippen LogP contribution < -0.4 is 9.50 Å². The van der Waals surface area contributed by atoms with E-state index in [1.807, 2.05) is 0 Å². The normalized spacial score (nSPS) is 12.1. The molecule has 0 aliphatic rings. The van der Waals surface area contributed by atoms with Crippen molar-refractivity contribution in [2.24, 2.45) is 0 Å². The van der Waals surface area contributed by atoms with Crippen molar-refractivity contribution in [2.45, 2.75) is 19.4 Å². The van der Waals surface area contributed by atoms with E-state index in [9.17, 15) is 18.0 Å². The van der Waals surface area contributed by atoms with Crippen LogP contribution in [0.3, 0.4) is 0 Å². The number of benzene rings is 2. The minimum Gasteiger partial charge on any atom is -0.479 e. The first-order valence-corrected chi connectivity index (χ1v) is 10.8. The molecule has 0 saturated carbocycles. The number of hydrogen-bond donors (Lipinski definition) is 2. The number of carbonyl (C=O) groups is 2. The average molecular weight is 433 g/mol. The maximum absolute atomic E-state index is 12.4. The zero-order valence-electron chi connectivity index (χ0n) is 16.6. The molecule has 160 valence electrons. The lowest BCUT2D eigenvalue weighted by molar-refractivity contribution is -0.149. The maximum Gasteiger partial charge on any atom is 0.333 e. The van der Waals surface area contributed by atoms with E-state index in [1.165, 1.54) is 24.3 Å². The van der Waals surface area contributed by atoms with Crippen LogP contribution in [0.1, 0.15) is 18.1 Å². The Morgan fingerprint density at radius 2 is 1.70 bits per heavy atom. The molecule has 0 aliphatic heterocycles. The number of rotatable bonds is 10. The van der Waals surface area contributed by atoms with Crippen LogP contribution in [0, 0.1) is 0 Å². The Bertz CT molecular complexity index is 1010. The summed E-state index contributed by atoms with van der Waals surface area (Å²) in [6, 6.07) is 12.7. The van der Waals surface area contributed by atoms with E-state index in [-0.39, 0.29) is 17.7 Å². The van der Waals surface area contributed by atoms with Gasteiger partial charge in [-0.15, -0.1) is 0 Å². The Morgan fingerprint density at radius 3 is 2.20 bits per heavy atom. The second kappa shape index (κ2) is 10.0. The first-order chi connectivity index (χ1) is 14.1. The SMILES string of the molecule is C=C(C(=O)Nc1ccc(CC(OCC)C(=O)O)cc1)c1ccc(OS(C)(=O)=O)cc1. The van der Waals surface area contributed by atoms with Crippen LogP contribution in [-0.4, -0.2) is 44.4 Å². The minimum atomic E-state index is -3.63. The molecular formula is C21H23NO7S. The van der Waals surface area contributed by atoms with Crippen LogP contribution >= 0.6 is 0 Å². The van der Waals surface area contributed by atoms with E-state index in [1.54, 1.807) is 31.2 Å². The van der Waals surface area contributed by atoms with E-state index in [2.05, 4.69) is 11.9 Å². The minimum absolute atomic E-state index is 0.136. The largest absolute Gasteiger partial charge is 0.479 e. The van der Waals surface area contributed by atoms with Crippen molar-refractivity contribution >= 4 is 33.3 Å². The summed E-state index contributed by atoms with van der Waals surface area (Å²) < 4.78 is 32.2. The molecule has 8 nitrogen and oxygen atoms in total. The van der Waals surface area contributed by atoms with E-state index in [0.29, 0.717) is 17.9 Å². The molecule has 30 heavy (non-hydrogen) atoms. The summed E-state index contributed by atoms with van der Waals surface area (Å²) in [6.45, 7) is 5.80. The first kappa shape index (κ1) is 23.1.